The van der Waals surface area contributed by atoms with E-state index in [0.717, 1.165) is 5.56 Å². The molecule has 0 aliphatic rings. The van der Waals surface area contributed by atoms with Gasteiger partial charge in [-0.05, 0) is 17.9 Å². The van der Waals surface area contributed by atoms with Crippen molar-refractivity contribution in [3.05, 3.63) is 21.9 Å². The first kappa shape index (κ1) is 6.29. The molecule has 1 rings (SSSR count). The molecule has 0 aliphatic carbocycles. The Morgan fingerprint density at radius 3 is 2.56 bits per heavy atom. The smallest absolute Gasteiger partial charge is 0.0726 e. The molecule has 9 heavy (non-hydrogen) atoms. The summed E-state index contributed by atoms with van der Waals surface area (Å²) in [5.41, 5.74) is 1.08. The van der Waals surface area contributed by atoms with E-state index in [0.29, 0.717) is 5.56 Å². The summed E-state index contributed by atoms with van der Waals surface area (Å²) >= 11 is 1.37. The molecule has 48 valence electrons. The third-order valence-corrected chi connectivity index (χ3v) is 1.94. The molecule has 0 unspecified atom stereocenters. The van der Waals surface area contributed by atoms with Crippen LogP contribution >= 0.6 is 11.3 Å². The molecule has 0 spiro atoms. The van der Waals surface area contributed by atoms with Crippen molar-refractivity contribution in [3.63, 3.8) is 0 Å². The summed E-state index contributed by atoms with van der Waals surface area (Å²) in [6, 6.07) is 0. The van der Waals surface area contributed by atoms with Gasteiger partial charge in [0.1, 0.15) is 0 Å². The van der Waals surface area contributed by atoms with Crippen LogP contribution in [-0.4, -0.2) is 5.97 Å². The molecular weight excluding hydrogens is 136 g/mol. The molecule has 1 heterocycles. The molecule has 0 N–H and O–H groups in total. The minimum Gasteiger partial charge on any atom is -0.545 e. The minimum absolute atomic E-state index is 0.306. The van der Waals surface area contributed by atoms with Crippen molar-refractivity contribution in [2.24, 2.45) is 0 Å². The Kier molecular flexibility index (Phi) is 1.53. The van der Waals surface area contributed by atoms with Crippen LogP contribution in [0.2, 0.25) is 0 Å². The zero-order valence-corrected chi connectivity index (χ0v) is 5.70. The predicted octanol–water partition coefficient (Wildman–Crippen LogP) is 0.420. The van der Waals surface area contributed by atoms with Crippen molar-refractivity contribution in [2.75, 3.05) is 0 Å². The molecule has 2 nitrogen and oxygen atoms in total. The Morgan fingerprint density at radius 1 is 1.67 bits per heavy atom. The van der Waals surface area contributed by atoms with Gasteiger partial charge in [-0.2, -0.15) is 11.3 Å². The predicted molar refractivity (Wildman–Crippen MR) is 33.4 cm³/mol. The highest BCUT2D eigenvalue weighted by atomic mass is 32.1. The monoisotopic (exact) mass is 141 g/mol. The normalized spacial score (nSPS) is 9.44. The van der Waals surface area contributed by atoms with Crippen LogP contribution in [0.25, 0.3) is 0 Å². The Morgan fingerprint density at radius 2 is 2.33 bits per heavy atom. The van der Waals surface area contributed by atoms with Crippen LogP contribution in [0.5, 0.6) is 0 Å². The van der Waals surface area contributed by atoms with Gasteiger partial charge in [-0.3, -0.25) is 0 Å². The molecular formula is C6H5O2S-. The zero-order valence-electron chi connectivity index (χ0n) is 4.88. The van der Waals surface area contributed by atoms with Gasteiger partial charge in [0.05, 0.1) is 5.97 Å². The van der Waals surface area contributed by atoms with Gasteiger partial charge in [0.2, 0.25) is 0 Å². The summed E-state index contributed by atoms with van der Waals surface area (Å²) in [7, 11) is 0. The summed E-state index contributed by atoms with van der Waals surface area (Å²) in [5, 5.41) is 13.5. The van der Waals surface area contributed by atoms with Crippen LogP contribution in [0.4, 0.5) is 0 Å². The number of aromatic carboxylic acids is 1. The van der Waals surface area contributed by atoms with Gasteiger partial charge >= 0.3 is 0 Å². The second-order valence-electron chi connectivity index (χ2n) is 1.76. The van der Waals surface area contributed by atoms with Crippen molar-refractivity contribution >= 4 is 17.3 Å². The maximum absolute atomic E-state index is 10.2. The van der Waals surface area contributed by atoms with E-state index in [1.165, 1.54) is 11.3 Å². The lowest BCUT2D eigenvalue weighted by atomic mass is 10.2. The third-order valence-electron chi connectivity index (χ3n) is 1.08. The Labute approximate surface area is 56.8 Å². The van der Waals surface area contributed by atoms with E-state index < -0.39 is 5.97 Å². The van der Waals surface area contributed by atoms with Crippen LogP contribution in [0, 0.1) is 6.92 Å². The van der Waals surface area contributed by atoms with E-state index in [2.05, 4.69) is 0 Å². The number of rotatable bonds is 1. The zero-order chi connectivity index (χ0) is 6.85. The molecule has 0 saturated heterocycles. The standard InChI is InChI=1S/C6H6O2S/c1-4-2-9-3-5(4)6(7)8/h2-3H,1H3,(H,7,8)/p-1. The largest absolute Gasteiger partial charge is 0.545 e. The van der Waals surface area contributed by atoms with E-state index in [9.17, 15) is 9.90 Å². The number of carbonyl (C=O) groups is 1. The summed E-state index contributed by atoms with van der Waals surface area (Å²) in [4.78, 5) is 10.2. The number of hydrogen-bond acceptors (Lipinski definition) is 3. The fourth-order valence-corrected chi connectivity index (χ4v) is 1.39. The molecule has 0 fully saturated rings. The Hall–Kier alpha value is -0.830. The highest BCUT2D eigenvalue weighted by Crippen LogP contribution is 2.11. The minimum atomic E-state index is -1.09. The quantitative estimate of drug-likeness (QED) is 0.568. The maximum Gasteiger partial charge on any atom is 0.0726 e. The molecule has 0 amide bonds. The van der Waals surface area contributed by atoms with E-state index in [1.54, 1.807) is 17.7 Å². The number of carboxylic acids is 1. The van der Waals surface area contributed by atoms with Crippen LogP contribution in [-0.2, 0) is 0 Å². The fourth-order valence-electron chi connectivity index (χ4n) is 0.570. The van der Waals surface area contributed by atoms with Crippen molar-refractivity contribution < 1.29 is 9.90 Å². The van der Waals surface area contributed by atoms with Crippen molar-refractivity contribution in [1.82, 2.24) is 0 Å². The molecule has 0 saturated carbocycles. The highest BCUT2D eigenvalue weighted by Gasteiger charge is 1.96. The summed E-state index contributed by atoms with van der Waals surface area (Å²) in [6.07, 6.45) is 0. The van der Waals surface area contributed by atoms with Gasteiger partial charge in [-0.25, -0.2) is 0 Å². The van der Waals surface area contributed by atoms with Gasteiger partial charge in [0.15, 0.2) is 0 Å². The fraction of sp³-hybridized carbons (Fsp3) is 0.167. The van der Waals surface area contributed by atoms with Crippen LogP contribution in [0.15, 0.2) is 10.8 Å². The molecule has 3 heteroatoms. The second kappa shape index (κ2) is 2.19. The first-order valence-electron chi connectivity index (χ1n) is 2.46. The summed E-state index contributed by atoms with van der Waals surface area (Å²) in [5.74, 6) is -1.09. The van der Waals surface area contributed by atoms with Crippen molar-refractivity contribution in [1.29, 1.82) is 0 Å². The van der Waals surface area contributed by atoms with Gasteiger partial charge < -0.3 is 9.90 Å². The lowest BCUT2D eigenvalue weighted by molar-refractivity contribution is -0.255. The van der Waals surface area contributed by atoms with E-state index >= 15 is 0 Å². The SMILES string of the molecule is Cc1cscc1C(=O)[O-]. The number of thiophene rings is 1. The Balaban J connectivity index is 3.08. The van der Waals surface area contributed by atoms with E-state index in [-0.39, 0.29) is 0 Å². The number of carboxylic acid groups (broad SMARTS) is 1. The Bertz CT molecular complexity index is 227. The van der Waals surface area contributed by atoms with Gasteiger partial charge in [0, 0.05) is 10.9 Å². The van der Waals surface area contributed by atoms with Crippen molar-refractivity contribution in [3.8, 4) is 0 Å². The topological polar surface area (TPSA) is 40.1 Å². The molecule has 0 bridgehead atoms. The number of hydrogen-bond donors (Lipinski definition) is 0. The van der Waals surface area contributed by atoms with E-state index in [1.807, 2.05) is 0 Å². The molecule has 0 aliphatic heterocycles. The first-order chi connectivity index (χ1) is 4.22. The van der Waals surface area contributed by atoms with Crippen LogP contribution in [0.3, 0.4) is 0 Å². The van der Waals surface area contributed by atoms with Gasteiger partial charge in [-0.1, -0.05) is 0 Å². The van der Waals surface area contributed by atoms with Crippen molar-refractivity contribution in [2.45, 2.75) is 6.92 Å². The highest BCUT2D eigenvalue weighted by molar-refractivity contribution is 7.08. The van der Waals surface area contributed by atoms with Crippen LogP contribution in [0.1, 0.15) is 15.9 Å². The van der Waals surface area contributed by atoms with Gasteiger partial charge in [0.25, 0.3) is 0 Å². The molecule has 1 aromatic rings. The van der Waals surface area contributed by atoms with Gasteiger partial charge in [-0.15, -0.1) is 0 Å². The molecule has 0 aromatic carbocycles. The third kappa shape index (κ3) is 1.10. The summed E-state index contributed by atoms with van der Waals surface area (Å²) in [6.45, 7) is 1.75. The second-order valence-corrected chi connectivity index (χ2v) is 2.50. The molecule has 0 radical (unpaired) electrons. The average molecular weight is 141 g/mol. The molecule has 1 aromatic heterocycles. The number of aryl methyl sites for hydroxylation is 1. The maximum atomic E-state index is 10.2. The van der Waals surface area contributed by atoms with E-state index in [4.69, 9.17) is 0 Å². The number of carbonyl (C=O) groups excluding carboxylic acids is 1. The molecule has 0 atom stereocenters. The lowest BCUT2D eigenvalue weighted by Gasteiger charge is -1.97. The first-order valence-corrected chi connectivity index (χ1v) is 3.40. The summed E-state index contributed by atoms with van der Waals surface area (Å²) < 4.78 is 0. The van der Waals surface area contributed by atoms with Crippen LogP contribution < -0.4 is 5.11 Å². The average Bonchev–Trinajstić information content (AvgIpc) is 2.13. The lowest BCUT2D eigenvalue weighted by Crippen LogP contribution is -2.22.